The van der Waals surface area contributed by atoms with E-state index in [1.54, 1.807) is 4.52 Å². The summed E-state index contributed by atoms with van der Waals surface area (Å²) in [6.45, 7) is 9.34. The molecule has 4 heterocycles. The van der Waals surface area contributed by atoms with E-state index in [1.165, 1.54) is 6.33 Å². The largest absolute Gasteiger partial charge is 0.381 e. The van der Waals surface area contributed by atoms with Crippen molar-refractivity contribution in [3.8, 4) is 0 Å². The van der Waals surface area contributed by atoms with E-state index < -0.39 is 0 Å². The molecule has 0 unspecified atom stereocenters. The lowest BCUT2D eigenvalue weighted by atomic mass is 10.0. The minimum absolute atomic E-state index is 0.130. The van der Waals surface area contributed by atoms with Crippen LogP contribution in [0.15, 0.2) is 24.8 Å². The predicted octanol–water partition coefficient (Wildman–Crippen LogP) is 3.72. The minimum atomic E-state index is 0.130. The molecule has 1 aliphatic heterocycles. The quantitative estimate of drug-likeness (QED) is 0.693. The number of anilines is 3. The van der Waals surface area contributed by atoms with E-state index in [9.17, 15) is 4.79 Å². The first-order valence-electron chi connectivity index (χ1n) is 10.4. The maximum atomic E-state index is 13.0. The number of nitrogens with one attached hydrogen (secondary N) is 1. The molecule has 0 saturated carbocycles. The van der Waals surface area contributed by atoms with Crippen LogP contribution < -0.4 is 10.2 Å². The molecule has 3 aromatic heterocycles. The van der Waals surface area contributed by atoms with Crippen molar-refractivity contribution < 1.29 is 9.53 Å². The average Bonchev–Trinajstić information content (AvgIpc) is 3.20. The van der Waals surface area contributed by atoms with E-state index in [0.29, 0.717) is 19.6 Å². The Kier molecular flexibility index (Phi) is 5.67. The van der Waals surface area contributed by atoms with Crippen molar-refractivity contribution in [2.75, 3.05) is 23.4 Å². The monoisotopic (exact) mass is 408 g/mol. The molecule has 8 heteroatoms. The van der Waals surface area contributed by atoms with Crippen LogP contribution in [-0.2, 0) is 9.53 Å². The van der Waals surface area contributed by atoms with Crippen LogP contribution in [-0.4, -0.2) is 44.7 Å². The SMILES string of the molecule is CCC(=O)N(c1c(C)cnc(Nc2cn3ncnc3cc2C)c1C)C1CCOCC1. The fourth-order valence-corrected chi connectivity index (χ4v) is 4.06. The Morgan fingerprint density at radius 3 is 2.73 bits per heavy atom. The van der Waals surface area contributed by atoms with Crippen molar-refractivity contribution >= 4 is 28.7 Å². The van der Waals surface area contributed by atoms with Crippen molar-refractivity contribution in [3.63, 3.8) is 0 Å². The van der Waals surface area contributed by atoms with Crippen LogP contribution in [0.25, 0.3) is 5.65 Å². The van der Waals surface area contributed by atoms with Gasteiger partial charge in [-0.25, -0.2) is 14.5 Å². The molecule has 0 aliphatic carbocycles. The number of ether oxygens (including phenoxy) is 1. The van der Waals surface area contributed by atoms with Gasteiger partial charge in [0.05, 0.1) is 17.6 Å². The van der Waals surface area contributed by atoms with Gasteiger partial charge in [-0.2, -0.15) is 5.10 Å². The minimum Gasteiger partial charge on any atom is -0.381 e. The third-order valence-corrected chi connectivity index (χ3v) is 5.71. The molecule has 0 atom stereocenters. The van der Waals surface area contributed by atoms with E-state index in [4.69, 9.17) is 4.74 Å². The number of aryl methyl sites for hydroxylation is 2. The normalized spacial score (nSPS) is 14.8. The molecular formula is C22H28N6O2. The third kappa shape index (κ3) is 3.75. The number of hydrogen-bond acceptors (Lipinski definition) is 6. The first-order chi connectivity index (χ1) is 14.5. The van der Waals surface area contributed by atoms with Crippen LogP contribution in [0.1, 0.15) is 42.9 Å². The van der Waals surface area contributed by atoms with Crippen LogP contribution >= 0.6 is 0 Å². The summed E-state index contributed by atoms with van der Waals surface area (Å²) < 4.78 is 7.26. The number of aromatic nitrogens is 4. The Bertz CT molecular complexity index is 1070. The number of amides is 1. The highest BCUT2D eigenvalue weighted by atomic mass is 16.5. The topological polar surface area (TPSA) is 84.7 Å². The summed E-state index contributed by atoms with van der Waals surface area (Å²) in [6.07, 6.45) is 7.43. The van der Waals surface area contributed by atoms with Gasteiger partial charge < -0.3 is 15.0 Å². The molecule has 0 aromatic carbocycles. The summed E-state index contributed by atoms with van der Waals surface area (Å²) in [5.41, 5.74) is 5.65. The van der Waals surface area contributed by atoms with Gasteiger partial charge in [-0.05, 0) is 50.8 Å². The highest BCUT2D eigenvalue weighted by Gasteiger charge is 2.29. The summed E-state index contributed by atoms with van der Waals surface area (Å²) >= 11 is 0. The van der Waals surface area contributed by atoms with E-state index in [2.05, 4.69) is 20.4 Å². The van der Waals surface area contributed by atoms with Crippen LogP contribution in [0.2, 0.25) is 0 Å². The number of hydrogen-bond donors (Lipinski definition) is 1. The van der Waals surface area contributed by atoms with E-state index in [0.717, 1.165) is 52.4 Å². The smallest absolute Gasteiger partial charge is 0.226 e. The van der Waals surface area contributed by atoms with Gasteiger partial charge in [0.15, 0.2) is 5.65 Å². The standard InChI is InChI=1S/C22H28N6O2/c1-5-20(29)28(17-6-8-30-9-7-17)21-15(3)11-23-22(16(21)4)26-18-12-27-19(10-14(18)2)24-13-25-27/h10-13,17H,5-9H2,1-4H3,(H,23,26). The van der Waals surface area contributed by atoms with Crippen LogP contribution in [0, 0.1) is 20.8 Å². The Labute approximate surface area is 176 Å². The molecule has 0 radical (unpaired) electrons. The summed E-state index contributed by atoms with van der Waals surface area (Å²) in [5.74, 6) is 0.865. The summed E-state index contributed by atoms with van der Waals surface area (Å²) in [7, 11) is 0. The number of rotatable bonds is 5. The second-order valence-electron chi connectivity index (χ2n) is 7.78. The van der Waals surface area contributed by atoms with Gasteiger partial charge in [0.1, 0.15) is 12.1 Å². The predicted molar refractivity (Wildman–Crippen MR) is 116 cm³/mol. The Morgan fingerprint density at radius 2 is 2.00 bits per heavy atom. The molecule has 0 spiro atoms. The number of carbonyl (C=O) groups excluding carboxylic acids is 1. The number of nitrogens with zero attached hydrogens (tertiary/aromatic N) is 5. The molecule has 1 saturated heterocycles. The van der Waals surface area contributed by atoms with Crippen molar-refractivity contribution in [2.45, 2.75) is 53.0 Å². The van der Waals surface area contributed by atoms with Gasteiger partial charge >= 0.3 is 0 Å². The number of pyridine rings is 2. The van der Waals surface area contributed by atoms with E-state index >= 15 is 0 Å². The zero-order valence-electron chi connectivity index (χ0n) is 18.0. The molecule has 1 N–H and O–H groups in total. The lowest BCUT2D eigenvalue weighted by Crippen LogP contribution is -2.44. The van der Waals surface area contributed by atoms with Gasteiger partial charge in [0, 0.05) is 37.4 Å². The van der Waals surface area contributed by atoms with Crippen LogP contribution in [0.4, 0.5) is 17.2 Å². The zero-order chi connectivity index (χ0) is 21.3. The summed E-state index contributed by atoms with van der Waals surface area (Å²) in [5, 5.41) is 7.66. The highest BCUT2D eigenvalue weighted by Crippen LogP contribution is 2.34. The van der Waals surface area contributed by atoms with Gasteiger partial charge in [-0.1, -0.05) is 6.92 Å². The van der Waals surface area contributed by atoms with Crippen molar-refractivity contribution in [1.82, 2.24) is 19.6 Å². The van der Waals surface area contributed by atoms with Gasteiger partial charge in [0.25, 0.3) is 0 Å². The molecule has 1 fully saturated rings. The molecule has 158 valence electrons. The van der Waals surface area contributed by atoms with Gasteiger partial charge in [0.2, 0.25) is 5.91 Å². The summed E-state index contributed by atoms with van der Waals surface area (Å²) in [6, 6.07) is 2.13. The lowest BCUT2D eigenvalue weighted by molar-refractivity contribution is -0.119. The van der Waals surface area contributed by atoms with E-state index in [-0.39, 0.29) is 11.9 Å². The van der Waals surface area contributed by atoms with Gasteiger partial charge in [-0.3, -0.25) is 4.79 Å². The van der Waals surface area contributed by atoms with E-state index in [1.807, 2.05) is 51.1 Å². The second-order valence-corrected chi connectivity index (χ2v) is 7.78. The molecular weight excluding hydrogens is 380 g/mol. The molecule has 1 amide bonds. The fraction of sp³-hybridized carbons (Fsp3) is 0.455. The molecule has 4 rings (SSSR count). The first kappa shape index (κ1) is 20.3. The molecule has 3 aromatic rings. The maximum absolute atomic E-state index is 13.0. The van der Waals surface area contributed by atoms with Crippen LogP contribution in [0.3, 0.4) is 0 Å². The Balaban J connectivity index is 1.74. The van der Waals surface area contributed by atoms with Crippen LogP contribution in [0.5, 0.6) is 0 Å². The number of fused-ring (bicyclic) bond motifs is 1. The van der Waals surface area contributed by atoms with Crippen molar-refractivity contribution in [3.05, 3.63) is 41.5 Å². The van der Waals surface area contributed by atoms with Crippen molar-refractivity contribution in [1.29, 1.82) is 0 Å². The zero-order valence-corrected chi connectivity index (χ0v) is 18.0. The average molecular weight is 409 g/mol. The molecule has 0 bridgehead atoms. The van der Waals surface area contributed by atoms with Crippen molar-refractivity contribution in [2.24, 2.45) is 0 Å². The summed E-state index contributed by atoms with van der Waals surface area (Å²) in [4.78, 5) is 23.8. The van der Waals surface area contributed by atoms with Gasteiger partial charge in [-0.15, -0.1) is 0 Å². The number of carbonyl (C=O) groups is 1. The lowest BCUT2D eigenvalue weighted by Gasteiger charge is -2.36. The Morgan fingerprint density at radius 1 is 1.23 bits per heavy atom. The molecule has 30 heavy (non-hydrogen) atoms. The molecule has 1 aliphatic rings. The molecule has 8 nitrogen and oxygen atoms in total. The highest BCUT2D eigenvalue weighted by molar-refractivity contribution is 5.96. The second kappa shape index (κ2) is 8.39. The third-order valence-electron chi connectivity index (χ3n) is 5.71. The fourth-order valence-electron chi connectivity index (χ4n) is 4.06. The Hall–Kier alpha value is -3.00. The first-order valence-corrected chi connectivity index (χ1v) is 10.4. The maximum Gasteiger partial charge on any atom is 0.226 e.